The Morgan fingerprint density at radius 3 is 1.90 bits per heavy atom. The summed E-state index contributed by atoms with van der Waals surface area (Å²) in [5, 5.41) is 7.13. The molecule has 62 heavy (non-hydrogen) atoms. The minimum absolute atomic E-state index is 0.0529. The lowest BCUT2D eigenvalue weighted by Gasteiger charge is -2.26. The van der Waals surface area contributed by atoms with Crippen LogP contribution in [0, 0.1) is 6.92 Å². The van der Waals surface area contributed by atoms with Gasteiger partial charge < -0.3 is 4.90 Å². The molecule has 7 rings (SSSR count). The van der Waals surface area contributed by atoms with Crippen molar-refractivity contribution in [2.24, 2.45) is 5.14 Å². The summed E-state index contributed by atoms with van der Waals surface area (Å²) in [6, 6.07) is 14.8. The van der Waals surface area contributed by atoms with E-state index in [4.69, 9.17) is 5.14 Å². The van der Waals surface area contributed by atoms with Gasteiger partial charge in [0, 0.05) is 58.2 Å². The molecule has 4 aromatic carbocycles. The van der Waals surface area contributed by atoms with Gasteiger partial charge in [-0.3, -0.25) is 18.6 Å². The lowest BCUT2D eigenvalue weighted by atomic mass is 9.78. The molecule has 0 aliphatic carbocycles. The molecule has 5 aromatic rings. The average Bonchev–Trinajstić information content (AvgIpc) is 3.54. The number of benzene rings is 4. The van der Waals surface area contributed by atoms with Crippen LogP contribution in [-0.2, 0) is 51.2 Å². The molecule has 19 heteroatoms. The smallest absolute Gasteiger partial charge is 0.295 e. The van der Waals surface area contributed by atoms with Crippen molar-refractivity contribution in [3.8, 4) is 0 Å². The first-order valence-corrected chi connectivity index (χ1v) is 25.1. The van der Waals surface area contributed by atoms with Gasteiger partial charge >= 0.3 is 0 Å². The first-order chi connectivity index (χ1) is 28.6. The number of likely N-dealkylation sites (N-methyl/N-ethyl adjacent to an activating group) is 1. The molecule has 3 heterocycles. The molecule has 0 atom stereocenters. The van der Waals surface area contributed by atoms with Gasteiger partial charge in [-0.15, -0.1) is 0 Å². The molecular formula is C43H45N4O11S4+. The Hall–Kier alpha value is -5.12. The van der Waals surface area contributed by atoms with Gasteiger partial charge in [-0.25, -0.2) is 13.6 Å². The standard InChI is InChI=1S/C43H44N4O11S4/c1-8-46-35-16-13-30-25(3)20-28(60(50,51)52)21-32(30)40(35)42(4,5)38(46)18-10-26(34-15-12-27(24-45-34)59(44,48)49)11-19-39-43(6,7)41-33-22-29(61(53,54)55)23-37(62(56,57)58)31(33)14-17-36(41)47(39)9-2/h10-24H,8-9H2,1-7H3,(H4-,44,48,49,50,51,52,53,54,55,56,57,58)/p+1. The van der Waals surface area contributed by atoms with Gasteiger partial charge in [-0.2, -0.15) is 29.8 Å². The van der Waals surface area contributed by atoms with E-state index in [1.54, 1.807) is 19.1 Å². The fraction of sp³-hybridized carbons (Fsp3) is 0.256. The van der Waals surface area contributed by atoms with E-state index in [2.05, 4.69) is 9.56 Å². The van der Waals surface area contributed by atoms with Gasteiger partial charge in [0.1, 0.15) is 16.3 Å². The second-order valence-electron chi connectivity index (χ2n) is 16.3. The van der Waals surface area contributed by atoms with Gasteiger partial charge in [0.25, 0.3) is 30.4 Å². The number of pyridine rings is 1. The zero-order valence-electron chi connectivity index (χ0n) is 34.7. The van der Waals surface area contributed by atoms with Crippen LogP contribution in [0.1, 0.15) is 63.9 Å². The Bertz CT molecular complexity index is 3370. The zero-order chi connectivity index (χ0) is 45.7. The van der Waals surface area contributed by atoms with Crippen molar-refractivity contribution in [3.05, 3.63) is 119 Å². The molecule has 0 unspecified atom stereocenters. The maximum atomic E-state index is 12.5. The second kappa shape index (κ2) is 15.0. The highest BCUT2D eigenvalue weighted by Crippen LogP contribution is 2.52. The first-order valence-electron chi connectivity index (χ1n) is 19.3. The molecule has 5 N–H and O–H groups in total. The Morgan fingerprint density at radius 2 is 1.35 bits per heavy atom. The number of nitrogens with two attached hydrogens (primary N) is 1. The zero-order valence-corrected chi connectivity index (χ0v) is 38.0. The largest absolute Gasteiger partial charge is 0.344 e. The van der Waals surface area contributed by atoms with Crippen molar-refractivity contribution in [3.63, 3.8) is 0 Å². The Balaban J connectivity index is 1.43. The monoisotopic (exact) mass is 921 g/mol. The number of primary sulfonamides is 1. The summed E-state index contributed by atoms with van der Waals surface area (Å²) in [4.78, 5) is 4.64. The Labute approximate surface area is 360 Å². The van der Waals surface area contributed by atoms with Crippen LogP contribution in [0.3, 0.4) is 0 Å². The number of hydrogen-bond acceptors (Lipinski definition) is 10. The fourth-order valence-electron chi connectivity index (χ4n) is 8.97. The number of anilines is 1. The number of fused-ring (bicyclic) bond motifs is 6. The third-order valence-electron chi connectivity index (χ3n) is 11.7. The molecule has 2 aliphatic rings. The van der Waals surface area contributed by atoms with Crippen LogP contribution in [-0.4, -0.2) is 75.7 Å². The van der Waals surface area contributed by atoms with Crippen LogP contribution in [0.15, 0.2) is 116 Å². The van der Waals surface area contributed by atoms with Crippen LogP contribution in [0.5, 0.6) is 0 Å². The van der Waals surface area contributed by atoms with E-state index < -0.39 is 61.0 Å². The van der Waals surface area contributed by atoms with Crippen molar-refractivity contribution < 1.29 is 51.9 Å². The summed E-state index contributed by atoms with van der Waals surface area (Å²) in [5.74, 6) is 0. The topological polar surface area (TPSA) is 242 Å². The van der Waals surface area contributed by atoms with E-state index in [0.29, 0.717) is 58.3 Å². The van der Waals surface area contributed by atoms with Crippen molar-refractivity contribution in [1.29, 1.82) is 0 Å². The molecule has 0 fully saturated rings. The SMILES string of the molecule is CCN1/C(=C/C=C(/C=C/C2=[N+](CC)c3ccc4c(C)cc(S(=O)(=O)O)cc4c3C2(C)C)c2ccc(S(N)(=O)=O)cn2)C(C)(C)c2c1ccc1c(S(=O)(=O)O)cc(S(=O)(=O)O)cc21. The second-order valence-corrected chi connectivity index (χ2v) is 22.0. The highest BCUT2D eigenvalue weighted by atomic mass is 32.2. The minimum atomic E-state index is -4.94. The molecule has 0 saturated heterocycles. The van der Waals surface area contributed by atoms with E-state index in [1.807, 2.05) is 76.8 Å². The van der Waals surface area contributed by atoms with Gasteiger partial charge in [0.15, 0.2) is 5.71 Å². The summed E-state index contributed by atoms with van der Waals surface area (Å²) in [5.41, 5.74) is 4.35. The van der Waals surface area contributed by atoms with Crippen LogP contribution in [0.4, 0.5) is 11.4 Å². The predicted molar refractivity (Wildman–Crippen MR) is 237 cm³/mol. The van der Waals surface area contributed by atoms with Gasteiger partial charge in [-0.05, 0) is 123 Å². The van der Waals surface area contributed by atoms with Crippen molar-refractivity contribution in [2.75, 3.05) is 18.0 Å². The molecule has 0 amide bonds. The third kappa shape index (κ3) is 7.59. The average molecular weight is 922 g/mol. The van der Waals surface area contributed by atoms with Crippen molar-refractivity contribution in [1.82, 2.24) is 4.98 Å². The van der Waals surface area contributed by atoms with Crippen LogP contribution < -0.4 is 10.0 Å². The summed E-state index contributed by atoms with van der Waals surface area (Å²) in [6.45, 7) is 14.4. The molecule has 2 aliphatic heterocycles. The molecule has 0 spiro atoms. The van der Waals surface area contributed by atoms with Gasteiger partial charge in [0.2, 0.25) is 15.7 Å². The summed E-state index contributed by atoms with van der Waals surface area (Å²) in [6.07, 6.45) is 8.53. The number of aryl methyl sites for hydroxylation is 1. The highest BCUT2D eigenvalue weighted by Gasteiger charge is 2.46. The van der Waals surface area contributed by atoms with Crippen molar-refractivity contribution >= 4 is 84.6 Å². The number of nitrogens with zero attached hydrogens (tertiary/aromatic N) is 3. The lowest BCUT2D eigenvalue weighted by molar-refractivity contribution is -0.433. The lowest BCUT2D eigenvalue weighted by Crippen LogP contribution is -2.27. The number of hydrogen-bond donors (Lipinski definition) is 4. The molecule has 326 valence electrons. The van der Waals surface area contributed by atoms with Crippen LogP contribution in [0.2, 0.25) is 0 Å². The van der Waals surface area contributed by atoms with Crippen molar-refractivity contribution in [2.45, 2.75) is 78.9 Å². The summed E-state index contributed by atoms with van der Waals surface area (Å²) < 4.78 is 131. The van der Waals surface area contributed by atoms with Crippen LogP contribution >= 0.6 is 0 Å². The minimum Gasteiger partial charge on any atom is -0.344 e. The van der Waals surface area contributed by atoms with Gasteiger partial charge in [-0.1, -0.05) is 26.0 Å². The summed E-state index contributed by atoms with van der Waals surface area (Å²) in [7, 11) is -18.4. The highest BCUT2D eigenvalue weighted by molar-refractivity contribution is 7.89. The quantitative estimate of drug-likeness (QED) is 0.0639. The molecular weight excluding hydrogens is 877 g/mol. The van der Waals surface area contributed by atoms with Gasteiger partial charge in [0.05, 0.1) is 20.9 Å². The molecule has 0 bridgehead atoms. The number of aromatic nitrogens is 1. The molecule has 15 nitrogen and oxygen atoms in total. The number of allylic oxidation sites excluding steroid dienone is 6. The number of rotatable bonds is 10. The number of sulfonamides is 1. The Kier molecular flexibility index (Phi) is 10.9. The fourth-order valence-corrected chi connectivity index (χ4v) is 11.4. The molecule has 0 radical (unpaired) electrons. The predicted octanol–water partition coefficient (Wildman–Crippen LogP) is 6.82. The third-order valence-corrected chi connectivity index (χ3v) is 15.2. The molecule has 1 aromatic heterocycles. The van der Waals surface area contributed by atoms with E-state index in [-0.39, 0.29) is 20.6 Å². The summed E-state index contributed by atoms with van der Waals surface area (Å²) >= 11 is 0. The van der Waals surface area contributed by atoms with E-state index in [0.717, 1.165) is 28.5 Å². The normalized spacial score (nSPS) is 17.5. The van der Waals surface area contributed by atoms with E-state index in [1.165, 1.54) is 36.4 Å². The Morgan fingerprint density at radius 1 is 0.742 bits per heavy atom. The van der Waals surface area contributed by atoms with Crippen LogP contribution in [0.25, 0.3) is 27.1 Å². The maximum Gasteiger partial charge on any atom is 0.295 e. The molecule has 0 saturated carbocycles. The first kappa shape index (κ1) is 44.9. The van der Waals surface area contributed by atoms with E-state index >= 15 is 0 Å². The maximum absolute atomic E-state index is 12.5. The van der Waals surface area contributed by atoms with E-state index in [9.17, 15) is 47.3 Å².